The zero-order valence-electron chi connectivity index (χ0n) is 76.9. The summed E-state index contributed by atoms with van der Waals surface area (Å²) in [5.74, 6) is -16.6. The molecule has 12 amide bonds. The molecule has 0 bridgehead atoms. The molecule has 31 N–H and O–H groups in total. The third kappa shape index (κ3) is 29.9. The molecule has 47 nitrogen and oxygen atoms in total. The maximum Gasteiger partial charge on any atom is 0.261 e. The average Bonchev–Trinajstić information content (AvgIpc) is 0.782. The number of amides is 12. The fourth-order valence-electron chi connectivity index (χ4n) is 15.5. The lowest BCUT2D eigenvalue weighted by molar-refractivity contribution is -0.245. The summed E-state index contributed by atoms with van der Waals surface area (Å²) in [6, 6.07) is -0.623. The summed E-state index contributed by atoms with van der Waals surface area (Å²) in [4.78, 5) is 210. The minimum atomic E-state index is -2.21. The van der Waals surface area contributed by atoms with Gasteiger partial charge in [-0.2, -0.15) is 0 Å². The smallest absolute Gasteiger partial charge is 0.261 e. The van der Waals surface area contributed by atoms with E-state index in [4.69, 9.17) is 52.8 Å². The van der Waals surface area contributed by atoms with Crippen molar-refractivity contribution in [3.05, 3.63) is 129 Å². The van der Waals surface area contributed by atoms with Crippen LogP contribution in [0.15, 0.2) is 84.4 Å². The van der Waals surface area contributed by atoms with Gasteiger partial charge < -0.3 is 152 Å². The molecule has 8 rings (SSSR count). The topological polar surface area (TPSA) is 767 Å². The molecular weight excluding hydrogens is 1780 g/mol. The molecule has 1 fully saturated rings. The Bertz CT molecular complexity index is 5180. The number of benzene rings is 4. The van der Waals surface area contributed by atoms with E-state index < -0.39 is 246 Å². The van der Waals surface area contributed by atoms with Crippen LogP contribution in [0, 0.1) is 22.7 Å². The lowest BCUT2D eigenvalue weighted by Gasteiger charge is -2.42. The number of carbonyl (C=O) groups excluding carboxylic acids is 14. The SMILES string of the molecule is COc1cccc2c1C(=O)c1c(O)c3c(c(O)c1C2=O)C[C@@](O)(/C(C)=N/OCC(=O)N[C@@H](CC(C)C)C(=O)N[C@@H](CCCNC(=N)N)C(=O)N[C@@H](CCCNC(=N)N)C(=O)N[C@@H](Cc1ccc(O)cc1)C(=O)N[C@@H](C)C(=O)N[C@@H](Cc1cnc[nH]1)C(=O)N[C@@H](CC(C)C)C(=O)NCC(=O)N[C@@H](Cc1ccc(O)cc1)C(=O)N[C@@H](C)C(=O)N[C@H](C(N)=O)[C@@H](C)O)C[C@@H]3O[C@H]1C[C@H](N)[C@H](O)[C@H](C)O1. The Morgan fingerprint density at radius 1 is 0.596 bits per heavy atom. The molecular formula is C89H124N22O25. The number of rotatable bonds is 48. The van der Waals surface area contributed by atoms with Crippen LogP contribution >= 0.6 is 0 Å². The standard InChI is InChI=1S/C89H124N22O25/c1-40(2)28-57(80(125)99-37-64(115)103-59(30-47-18-22-50(113)23-19-47)83(128)102-43(6)79(124)110-71(44(7)112)77(91)122)108-86(131)61(32-49-36-96-39-100-49)107-78(123)42(5)101-84(129)60(31-48-20-24-51(114)25-21-48)109-82(127)56(16-13-27-98-88(94)95)105-81(126)55(15-12-26-97-87(92)93)106-85(130)58(29-41(3)4)104-65(116)38-134-111-46(9)89(132)34-53-68(63(35-89)136-66-33-54(90)72(117)45(8)135-66)76(121)70-69(74(53)119)73(118)52-14-11-17-62(133-10)67(52)75(70)120/h11,14,17-25,36,39-45,54-61,63,66,71-72,112-114,117,119,121,132H,12-13,15-16,26-35,37-38,90H2,1-10H3,(H2,91,122)(H,96,100)(H,99,125)(H,101,129)(H,102,128)(H,103,115)(H,104,116)(H,105,126)(H,106,130)(H,107,123)(H,108,131)(H,109,127)(H,110,124)(H4,92,93,97)(H4,94,95,98)/b111-46+/t42-,43-,44+,45-,54-,55-,56-,57-,58-,59-,60-,61-,63-,66-,71-,72+,89-/m0/s1. The number of methoxy groups -OCH3 is 1. The molecule has 5 aromatic rings. The van der Waals surface area contributed by atoms with Crippen LogP contribution in [0.3, 0.4) is 0 Å². The average molecular weight is 1900 g/mol. The molecule has 3 aliphatic rings. The number of phenolic OH excluding ortho intramolecular Hbond substituents is 4. The highest BCUT2D eigenvalue weighted by molar-refractivity contribution is 6.31. The van der Waals surface area contributed by atoms with Crippen LogP contribution in [0.2, 0.25) is 0 Å². The van der Waals surface area contributed by atoms with Crippen molar-refractivity contribution in [3.63, 3.8) is 0 Å². The third-order valence-corrected chi connectivity index (χ3v) is 22.8. The van der Waals surface area contributed by atoms with Crippen molar-refractivity contribution in [2.75, 3.05) is 33.4 Å². The Labute approximate surface area is 782 Å². The predicted octanol–water partition coefficient (Wildman–Crippen LogP) is -3.82. The number of nitrogens with one attached hydrogen (secondary N) is 16. The molecule has 1 saturated heterocycles. The van der Waals surface area contributed by atoms with Gasteiger partial charge >= 0.3 is 0 Å². The van der Waals surface area contributed by atoms with E-state index in [1.54, 1.807) is 27.7 Å². The summed E-state index contributed by atoms with van der Waals surface area (Å²) >= 11 is 0. The Kier molecular flexibility index (Phi) is 38.8. The van der Waals surface area contributed by atoms with E-state index in [2.05, 4.69) is 84.2 Å². The summed E-state index contributed by atoms with van der Waals surface area (Å²) in [6.45, 7) is 11.7. The van der Waals surface area contributed by atoms with Crippen LogP contribution in [0.25, 0.3) is 0 Å². The number of phenols is 4. The highest BCUT2D eigenvalue weighted by Gasteiger charge is 2.50. The number of aromatic hydroxyl groups is 4. The molecule has 0 spiro atoms. The van der Waals surface area contributed by atoms with Gasteiger partial charge in [0.25, 0.3) is 5.91 Å². The fraction of sp³-hybridized carbons (Fsp3) is 0.506. The number of imidazole rings is 1. The van der Waals surface area contributed by atoms with Crippen molar-refractivity contribution in [1.82, 2.24) is 79.1 Å². The van der Waals surface area contributed by atoms with Gasteiger partial charge in [-0.15, -0.1) is 0 Å². The zero-order chi connectivity index (χ0) is 100. The van der Waals surface area contributed by atoms with E-state index in [0.717, 1.165) is 0 Å². The van der Waals surface area contributed by atoms with Gasteiger partial charge in [0.1, 0.15) is 94.8 Å². The fourth-order valence-corrected chi connectivity index (χ4v) is 15.5. The van der Waals surface area contributed by atoms with Crippen LogP contribution in [0.5, 0.6) is 28.7 Å². The third-order valence-electron chi connectivity index (χ3n) is 22.8. The first-order chi connectivity index (χ1) is 64.2. The summed E-state index contributed by atoms with van der Waals surface area (Å²) in [6.07, 6.45) is -6.08. The van der Waals surface area contributed by atoms with Gasteiger partial charge in [-0.25, -0.2) is 4.98 Å². The highest BCUT2D eigenvalue weighted by Crippen LogP contribution is 2.53. The monoisotopic (exact) mass is 1900 g/mol. The van der Waals surface area contributed by atoms with Crippen LogP contribution in [-0.4, -0.2) is 276 Å². The van der Waals surface area contributed by atoms with E-state index in [9.17, 15) is 98.1 Å². The zero-order valence-corrected chi connectivity index (χ0v) is 76.9. The van der Waals surface area contributed by atoms with Crippen molar-refractivity contribution in [2.45, 2.75) is 242 Å². The number of fused-ring (bicyclic) bond motifs is 3. The van der Waals surface area contributed by atoms with Gasteiger partial charge in [0.05, 0.1) is 66.8 Å². The summed E-state index contributed by atoms with van der Waals surface area (Å²) in [5, 5.41) is 131. The molecule has 0 radical (unpaired) electrons. The second-order valence-electron chi connectivity index (χ2n) is 34.6. The van der Waals surface area contributed by atoms with E-state index in [0.29, 0.717) is 16.8 Å². The summed E-state index contributed by atoms with van der Waals surface area (Å²) in [7, 11) is 1.28. The van der Waals surface area contributed by atoms with Crippen molar-refractivity contribution >= 4 is 100 Å². The molecule has 0 unspecified atom stereocenters. The molecule has 47 heteroatoms. The number of oxime groups is 1. The quantitative estimate of drug-likeness (QED) is 0.00572. The number of guanidine groups is 2. The van der Waals surface area contributed by atoms with Gasteiger partial charge in [-0.1, -0.05) is 69.2 Å². The van der Waals surface area contributed by atoms with E-state index in [-0.39, 0.29) is 134 Å². The number of ketones is 2. The van der Waals surface area contributed by atoms with Gasteiger partial charge in [0, 0.05) is 86.2 Å². The Hall–Kier alpha value is -14.2. The number of aliphatic hydroxyl groups excluding tert-OH is 2. The molecule has 17 atom stereocenters. The number of aromatic nitrogens is 2. The first-order valence-electron chi connectivity index (χ1n) is 44.1. The lowest BCUT2D eigenvalue weighted by atomic mass is 9.72. The highest BCUT2D eigenvalue weighted by atomic mass is 16.7. The second kappa shape index (κ2) is 49.2. The van der Waals surface area contributed by atoms with Crippen LogP contribution in [0.1, 0.15) is 180 Å². The largest absolute Gasteiger partial charge is 0.508 e. The minimum Gasteiger partial charge on any atom is -0.508 e. The number of nitrogens with two attached hydrogens (primary N) is 4. The number of H-pyrrole nitrogens is 1. The molecule has 1 aromatic heterocycles. The molecule has 2 heterocycles. The molecule has 136 heavy (non-hydrogen) atoms. The first-order valence-corrected chi connectivity index (χ1v) is 44.1. The molecule has 1 aliphatic heterocycles. The number of carbonyl (C=O) groups is 14. The van der Waals surface area contributed by atoms with Gasteiger partial charge in [-0.05, 0) is 126 Å². The van der Waals surface area contributed by atoms with Gasteiger partial charge in [0.15, 0.2) is 30.6 Å². The Morgan fingerprint density at radius 3 is 1.58 bits per heavy atom. The number of primary amides is 1. The van der Waals surface area contributed by atoms with Crippen LogP contribution < -0.4 is 96.8 Å². The molecule has 0 saturated carbocycles. The summed E-state index contributed by atoms with van der Waals surface area (Å²) < 4.78 is 17.7. The number of nitrogens with zero attached hydrogens (tertiary/aromatic N) is 2. The second-order valence-corrected chi connectivity index (χ2v) is 34.6. The van der Waals surface area contributed by atoms with Crippen molar-refractivity contribution in [1.29, 1.82) is 10.8 Å². The Morgan fingerprint density at radius 2 is 1.07 bits per heavy atom. The predicted molar refractivity (Wildman–Crippen MR) is 486 cm³/mol. The van der Waals surface area contributed by atoms with Crippen LogP contribution in [-0.2, 0) is 97.5 Å². The van der Waals surface area contributed by atoms with E-state index in [1.807, 2.05) is 0 Å². The molecule has 740 valence electrons. The number of ether oxygens (including phenoxy) is 3. The maximum atomic E-state index is 15.0. The number of hydrogen-bond donors (Lipinski definition) is 27. The van der Waals surface area contributed by atoms with E-state index >= 15 is 4.79 Å². The lowest BCUT2D eigenvalue weighted by Crippen LogP contribution is -2.60. The normalized spacial score (nSPS) is 19.1. The molecule has 2 aliphatic carbocycles. The summed E-state index contributed by atoms with van der Waals surface area (Å²) in [5.41, 5.74) is 19.5. The molecule has 4 aromatic carbocycles. The van der Waals surface area contributed by atoms with Gasteiger partial charge in [0.2, 0.25) is 70.8 Å². The maximum absolute atomic E-state index is 15.0. The van der Waals surface area contributed by atoms with Gasteiger partial charge in [-0.3, -0.25) is 77.9 Å². The number of hydrogen-bond acceptors (Lipinski definition) is 30. The van der Waals surface area contributed by atoms with Crippen molar-refractivity contribution < 1.29 is 122 Å². The number of aliphatic hydroxyl groups is 3. The van der Waals surface area contributed by atoms with Crippen LogP contribution in [0.4, 0.5) is 0 Å². The number of aromatic amines is 1. The Balaban J connectivity index is 0.969. The van der Waals surface area contributed by atoms with E-state index in [1.165, 1.54) is 121 Å². The minimum absolute atomic E-state index is 0.00560. The van der Waals surface area contributed by atoms with Crippen molar-refractivity contribution in [3.8, 4) is 28.7 Å². The van der Waals surface area contributed by atoms with Crippen molar-refractivity contribution in [2.24, 2.45) is 39.9 Å². The first kappa shape index (κ1) is 107.